The molecule has 2 aromatic carbocycles. The van der Waals surface area contributed by atoms with Crippen molar-refractivity contribution < 1.29 is 9.21 Å². The van der Waals surface area contributed by atoms with Crippen molar-refractivity contribution in [2.75, 3.05) is 5.32 Å². The molecule has 0 radical (unpaired) electrons. The van der Waals surface area contributed by atoms with Gasteiger partial charge in [-0.05, 0) is 30.3 Å². The van der Waals surface area contributed by atoms with Crippen molar-refractivity contribution in [1.82, 2.24) is 4.57 Å². The Balaban J connectivity index is 1.70. The SMILES string of the molecule is N#Cc1cccc(NC(=O)CCn2c(=O)oc3ccccc32)c1. The van der Waals surface area contributed by atoms with E-state index in [2.05, 4.69) is 5.32 Å². The zero-order valence-electron chi connectivity index (χ0n) is 12.2. The Kier molecular flexibility index (Phi) is 3.93. The average molecular weight is 307 g/mol. The van der Waals surface area contributed by atoms with Gasteiger partial charge in [-0.2, -0.15) is 5.26 Å². The molecule has 0 aliphatic rings. The van der Waals surface area contributed by atoms with Crippen molar-refractivity contribution in [1.29, 1.82) is 5.26 Å². The Bertz CT molecular complexity index is 963. The number of hydrogen-bond donors (Lipinski definition) is 1. The van der Waals surface area contributed by atoms with Crippen LogP contribution in [0.3, 0.4) is 0 Å². The second-order valence-electron chi connectivity index (χ2n) is 4.98. The number of nitriles is 1. The molecule has 0 spiro atoms. The molecule has 0 aliphatic heterocycles. The molecule has 1 N–H and O–H groups in total. The van der Waals surface area contributed by atoms with Crippen molar-refractivity contribution in [3.05, 3.63) is 64.6 Å². The molecule has 3 aromatic rings. The van der Waals surface area contributed by atoms with E-state index in [4.69, 9.17) is 9.68 Å². The molecule has 0 aliphatic carbocycles. The summed E-state index contributed by atoms with van der Waals surface area (Å²) in [6.45, 7) is 0.222. The first-order valence-electron chi connectivity index (χ1n) is 7.06. The topological polar surface area (TPSA) is 88.0 Å². The van der Waals surface area contributed by atoms with Gasteiger partial charge < -0.3 is 9.73 Å². The second-order valence-corrected chi connectivity index (χ2v) is 4.98. The van der Waals surface area contributed by atoms with Crippen LogP contribution >= 0.6 is 0 Å². The summed E-state index contributed by atoms with van der Waals surface area (Å²) < 4.78 is 6.55. The molecule has 0 bridgehead atoms. The fourth-order valence-electron chi connectivity index (χ4n) is 2.33. The van der Waals surface area contributed by atoms with Crippen LogP contribution in [0.5, 0.6) is 0 Å². The molecule has 3 rings (SSSR count). The maximum absolute atomic E-state index is 12.0. The smallest absolute Gasteiger partial charge is 0.408 e. The first-order valence-corrected chi connectivity index (χ1v) is 7.06. The summed E-state index contributed by atoms with van der Waals surface area (Å²) >= 11 is 0. The summed E-state index contributed by atoms with van der Waals surface area (Å²) in [6, 6.07) is 15.7. The van der Waals surface area contributed by atoms with E-state index in [0.29, 0.717) is 22.4 Å². The maximum Gasteiger partial charge on any atom is 0.419 e. The van der Waals surface area contributed by atoms with E-state index in [1.807, 2.05) is 6.07 Å². The van der Waals surface area contributed by atoms with Gasteiger partial charge in [0.1, 0.15) is 0 Å². The van der Waals surface area contributed by atoms with Gasteiger partial charge in [-0.1, -0.05) is 18.2 Å². The Hall–Kier alpha value is -3.33. The highest BCUT2D eigenvalue weighted by Crippen LogP contribution is 2.13. The fraction of sp³-hybridized carbons (Fsp3) is 0.118. The molecule has 1 amide bonds. The standard InChI is InChI=1S/C17H13N3O3/c18-11-12-4-3-5-13(10-12)19-16(21)8-9-20-14-6-1-2-7-15(14)23-17(20)22/h1-7,10H,8-9H2,(H,19,21). The van der Waals surface area contributed by atoms with Gasteiger partial charge in [0.15, 0.2) is 5.58 Å². The van der Waals surface area contributed by atoms with Crippen LogP contribution in [0.2, 0.25) is 0 Å². The van der Waals surface area contributed by atoms with Crippen LogP contribution in [-0.2, 0) is 11.3 Å². The Morgan fingerprint density at radius 2 is 2.04 bits per heavy atom. The molecule has 0 unspecified atom stereocenters. The minimum absolute atomic E-state index is 0.125. The van der Waals surface area contributed by atoms with Crippen LogP contribution in [0.15, 0.2) is 57.7 Å². The zero-order valence-corrected chi connectivity index (χ0v) is 12.2. The van der Waals surface area contributed by atoms with Gasteiger partial charge in [-0.15, -0.1) is 0 Å². The number of aryl methyl sites for hydroxylation is 1. The highest BCUT2D eigenvalue weighted by atomic mass is 16.4. The molecule has 0 saturated carbocycles. The number of fused-ring (bicyclic) bond motifs is 1. The van der Waals surface area contributed by atoms with E-state index in [1.165, 1.54) is 4.57 Å². The summed E-state index contributed by atoms with van der Waals surface area (Å²) in [5.41, 5.74) is 2.19. The van der Waals surface area contributed by atoms with Crippen LogP contribution in [0, 0.1) is 11.3 Å². The lowest BCUT2D eigenvalue weighted by molar-refractivity contribution is -0.116. The Morgan fingerprint density at radius 1 is 1.22 bits per heavy atom. The van der Waals surface area contributed by atoms with Crippen LogP contribution in [0.4, 0.5) is 5.69 Å². The summed E-state index contributed by atoms with van der Waals surface area (Å²) in [6.07, 6.45) is 0.125. The highest BCUT2D eigenvalue weighted by Gasteiger charge is 2.10. The first-order chi connectivity index (χ1) is 11.2. The predicted molar refractivity (Wildman–Crippen MR) is 84.9 cm³/mol. The number of benzene rings is 2. The number of rotatable bonds is 4. The monoisotopic (exact) mass is 307 g/mol. The van der Waals surface area contributed by atoms with Gasteiger partial charge in [-0.3, -0.25) is 9.36 Å². The van der Waals surface area contributed by atoms with E-state index < -0.39 is 5.76 Å². The minimum Gasteiger partial charge on any atom is -0.408 e. The molecule has 0 atom stereocenters. The number of anilines is 1. The number of carbonyl (C=O) groups is 1. The quantitative estimate of drug-likeness (QED) is 0.802. The summed E-state index contributed by atoms with van der Waals surface area (Å²) in [5.74, 6) is -0.720. The van der Waals surface area contributed by atoms with E-state index in [1.54, 1.807) is 48.5 Å². The zero-order chi connectivity index (χ0) is 16.2. The van der Waals surface area contributed by atoms with E-state index in [0.717, 1.165) is 0 Å². The van der Waals surface area contributed by atoms with E-state index >= 15 is 0 Å². The summed E-state index contributed by atoms with van der Waals surface area (Å²) in [7, 11) is 0. The van der Waals surface area contributed by atoms with Crippen molar-refractivity contribution >= 4 is 22.7 Å². The number of carbonyl (C=O) groups excluding carboxylic acids is 1. The molecule has 0 saturated heterocycles. The van der Waals surface area contributed by atoms with Crippen molar-refractivity contribution in [2.24, 2.45) is 0 Å². The third kappa shape index (κ3) is 3.14. The number of nitrogens with zero attached hydrogens (tertiary/aromatic N) is 2. The van der Waals surface area contributed by atoms with E-state index in [-0.39, 0.29) is 18.9 Å². The molecular formula is C17H13N3O3. The number of amides is 1. The number of oxazole rings is 1. The minimum atomic E-state index is -0.481. The van der Waals surface area contributed by atoms with Gasteiger partial charge in [0.05, 0.1) is 17.1 Å². The number of nitrogens with one attached hydrogen (secondary N) is 1. The lowest BCUT2D eigenvalue weighted by Gasteiger charge is -2.06. The third-order valence-corrected chi connectivity index (χ3v) is 3.41. The summed E-state index contributed by atoms with van der Waals surface area (Å²) in [5, 5.41) is 11.6. The van der Waals surface area contributed by atoms with Crippen molar-refractivity contribution in [3.8, 4) is 6.07 Å². The molecule has 1 aromatic heterocycles. The number of hydrogen-bond acceptors (Lipinski definition) is 4. The lowest BCUT2D eigenvalue weighted by atomic mass is 10.2. The normalized spacial score (nSPS) is 10.4. The maximum atomic E-state index is 12.0. The lowest BCUT2D eigenvalue weighted by Crippen LogP contribution is -2.19. The van der Waals surface area contributed by atoms with Gasteiger partial charge in [0.25, 0.3) is 0 Å². The van der Waals surface area contributed by atoms with E-state index in [9.17, 15) is 9.59 Å². The Labute approximate surface area is 131 Å². The predicted octanol–water partition coefficient (Wildman–Crippen LogP) is 2.49. The van der Waals surface area contributed by atoms with Gasteiger partial charge in [0, 0.05) is 18.7 Å². The number of aromatic nitrogens is 1. The first kappa shape index (κ1) is 14.6. The van der Waals surface area contributed by atoms with Crippen molar-refractivity contribution in [3.63, 3.8) is 0 Å². The fourth-order valence-corrected chi connectivity index (χ4v) is 2.33. The van der Waals surface area contributed by atoms with Crippen LogP contribution < -0.4 is 11.1 Å². The molecular weight excluding hydrogens is 294 g/mol. The van der Waals surface area contributed by atoms with Crippen LogP contribution in [0.25, 0.3) is 11.1 Å². The third-order valence-electron chi connectivity index (χ3n) is 3.41. The van der Waals surface area contributed by atoms with Gasteiger partial charge >= 0.3 is 5.76 Å². The molecule has 114 valence electrons. The number of para-hydroxylation sites is 2. The average Bonchev–Trinajstić information content (AvgIpc) is 2.88. The molecule has 1 heterocycles. The highest BCUT2D eigenvalue weighted by molar-refractivity contribution is 5.90. The summed E-state index contributed by atoms with van der Waals surface area (Å²) in [4.78, 5) is 23.8. The molecule has 6 heteroatoms. The second kappa shape index (κ2) is 6.20. The van der Waals surface area contributed by atoms with Crippen LogP contribution in [-0.4, -0.2) is 10.5 Å². The molecule has 0 fully saturated rings. The van der Waals surface area contributed by atoms with Gasteiger partial charge in [-0.25, -0.2) is 4.79 Å². The van der Waals surface area contributed by atoms with Gasteiger partial charge in [0.2, 0.25) is 5.91 Å². The largest absolute Gasteiger partial charge is 0.419 e. The molecule has 6 nitrogen and oxygen atoms in total. The molecule has 23 heavy (non-hydrogen) atoms. The van der Waals surface area contributed by atoms with Crippen LogP contribution in [0.1, 0.15) is 12.0 Å². The Morgan fingerprint density at radius 3 is 2.87 bits per heavy atom. The van der Waals surface area contributed by atoms with Crippen molar-refractivity contribution in [2.45, 2.75) is 13.0 Å².